The third kappa shape index (κ3) is 7.47. The van der Waals surface area contributed by atoms with Crippen LogP contribution in [0.1, 0.15) is 38.3 Å². The first-order chi connectivity index (χ1) is 15.4. The second kappa shape index (κ2) is 11.5. The highest BCUT2D eigenvalue weighted by atomic mass is 35.5. The molecule has 0 aliphatic carbocycles. The van der Waals surface area contributed by atoms with E-state index in [9.17, 15) is 18.0 Å². The van der Waals surface area contributed by atoms with Gasteiger partial charge in [0.2, 0.25) is 21.8 Å². The van der Waals surface area contributed by atoms with E-state index < -0.39 is 28.5 Å². The number of hydrogen-bond acceptors (Lipinski definition) is 4. The van der Waals surface area contributed by atoms with E-state index >= 15 is 0 Å². The number of rotatable bonds is 10. The molecule has 9 heteroatoms. The average molecular weight is 494 g/mol. The number of nitrogens with one attached hydrogen (secondary N) is 1. The van der Waals surface area contributed by atoms with Crippen LogP contribution in [-0.4, -0.2) is 50.0 Å². The first-order valence-corrected chi connectivity index (χ1v) is 13.0. The van der Waals surface area contributed by atoms with Crippen LogP contribution in [0.5, 0.6) is 0 Å². The van der Waals surface area contributed by atoms with E-state index in [1.165, 1.54) is 4.90 Å². The summed E-state index contributed by atoms with van der Waals surface area (Å²) in [6.45, 7) is 7.01. The maximum Gasteiger partial charge on any atom is 0.244 e. The summed E-state index contributed by atoms with van der Waals surface area (Å²) in [5, 5.41) is 3.34. The van der Waals surface area contributed by atoms with Crippen molar-refractivity contribution in [3.05, 3.63) is 64.7 Å². The predicted molar refractivity (Wildman–Crippen MR) is 133 cm³/mol. The number of nitrogens with zero attached hydrogens (tertiary/aromatic N) is 2. The maximum absolute atomic E-state index is 13.6. The van der Waals surface area contributed by atoms with Crippen LogP contribution in [0.15, 0.2) is 48.5 Å². The fourth-order valence-corrected chi connectivity index (χ4v) is 4.71. The molecule has 2 aromatic rings. The van der Waals surface area contributed by atoms with Crippen molar-refractivity contribution in [1.29, 1.82) is 0 Å². The summed E-state index contributed by atoms with van der Waals surface area (Å²) >= 11 is 6.03. The van der Waals surface area contributed by atoms with Crippen molar-refractivity contribution in [2.45, 2.75) is 52.7 Å². The van der Waals surface area contributed by atoms with Crippen LogP contribution in [0.2, 0.25) is 5.02 Å². The van der Waals surface area contributed by atoms with Crippen LogP contribution in [0.3, 0.4) is 0 Å². The van der Waals surface area contributed by atoms with E-state index in [2.05, 4.69) is 5.32 Å². The number of benzene rings is 2. The summed E-state index contributed by atoms with van der Waals surface area (Å²) in [6.07, 6.45) is 1.44. The Kier molecular flexibility index (Phi) is 9.31. The minimum atomic E-state index is -3.78. The highest BCUT2D eigenvalue weighted by Crippen LogP contribution is 2.26. The van der Waals surface area contributed by atoms with Gasteiger partial charge in [0.25, 0.3) is 0 Å². The van der Waals surface area contributed by atoms with Gasteiger partial charge in [-0.2, -0.15) is 0 Å². The molecule has 0 aromatic heterocycles. The van der Waals surface area contributed by atoms with Gasteiger partial charge < -0.3 is 10.2 Å². The van der Waals surface area contributed by atoms with Gasteiger partial charge in [-0.3, -0.25) is 13.9 Å². The molecule has 0 heterocycles. The zero-order chi connectivity index (χ0) is 24.8. The van der Waals surface area contributed by atoms with Gasteiger partial charge in [0.05, 0.1) is 11.9 Å². The molecule has 2 amide bonds. The van der Waals surface area contributed by atoms with Crippen molar-refractivity contribution in [2.75, 3.05) is 17.1 Å². The minimum absolute atomic E-state index is 0.0931. The topological polar surface area (TPSA) is 86.8 Å². The molecule has 180 valence electrons. The second-order valence-corrected chi connectivity index (χ2v) is 10.6. The monoisotopic (exact) mass is 493 g/mol. The van der Waals surface area contributed by atoms with Crippen molar-refractivity contribution < 1.29 is 18.0 Å². The highest BCUT2D eigenvalue weighted by Gasteiger charge is 2.32. The van der Waals surface area contributed by atoms with Gasteiger partial charge in [0, 0.05) is 17.6 Å². The molecule has 2 rings (SSSR count). The quantitative estimate of drug-likeness (QED) is 0.546. The van der Waals surface area contributed by atoms with Gasteiger partial charge in [-0.25, -0.2) is 8.42 Å². The normalized spacial score (nSPS) is 12.3. The molecule has 0 aliphatic heterocycles. The smallest absolute Gasteiger partial charge is 0.244 e. The molecule has 1 atom stereocenters. The third-order valence-electron chi connectivity index (χ3n) is 5.12. The summed E-state index contributed by atoms with van der Waals surface area (Å²) in [5.41, 5.74) is 1.84. The molecule has 0 fully saturated rings. The predicted octanol–water partition coefficient (Wildman–Crippen LogP) is 3.75. The number of anilines is 1. The molecule has 0 spiro atoms. The van der Waals surface area contributed by atoms with Gasteiger partial charge in [0.1, 0.15) is 12.6 Å². The number of carbonyl (C=O) groups excluding carboxylic acids is 2. The summed E-state index contributed by atoms with van der Waals surface area (Å²) < 4.78 is 26.4. The lowest BCUT2D eigenvalue weighted by Gasteiger charge is -2.33. The first-order valence-electron chi connectivity index (χ1n) is 10.8. The zero-order valence-electron chi connectivity index (χ0n) is 19.7. The number of sulfonamides is 1. The lowest BCUT2D eigenvalue weighted by molar-refractivity contribution is -0.140. The van der Waals surface area contributed by atoms with Crippen molar-refractivity contribution in [1.82, 2.24) is 10.2 Å². The molecule has 0 saturated carbocycles. The van der Waals surface area contributed by atoms with Crippen LogP contribution in [0, 0.1) is 6.92 Å². The van der Waals surface area contributed by atoms with E-state index in [0.29, 0.717) is 22.7 Å². The molecule has 0 aliphatic rings. The molecular weight excluding hydrogens is 462 g/mol. The van der Waals surface area contributed by atoms with E-state index in [-0.39, 0.29) is 18.5 Å². The van der Waals surface area contributed by atoms with E-state index in [1.807, 2.05) is 51.1 Å². The number of carbonyl (C=O) groups is 2. The Balaban J connectivity index is 2.45. The third-order valence-corrected chi connectivity index (χ3v) is 6.48. The van der Waals surface area contributed by atoms with Crippen LogP contribution in [0.4, 0.5) is 5.69 Å². The summed E-state index contributed by atoms with van der Waals surface area (Å²) in [6, 6.07) is 13.3. The van der Waals surface area contributed by atoms with Crippen LogP contribution in [-0.2, 0) is 26.2 Å². The Morgan fingerprint density at radius 2 is 1.73 bits per heavy atom. The molecule has 1 N–H and O–H groups in total. The molecule has 0 radical (unpaired) electrons. The van der Waals surface area contributed by atoms with Crippen molar-refractivity contribution >= 4 is 39.1 Å². The Morgan fingerprint density at radius 3 is 2.24 bits per heavy atom. The van der Waals surface area contributed by atoms with Crippen molar-refractivity contribution in [3.8, 4) is 0 Å². The summed E-state index contributed by atoms with van der Waals surface area (Å²) in [7, 11) is -3.78. The standard InChI is InChI=1S/C24H32ClN3O4S/c1-6-21(24(30)26-17(2)3)27(15-19-10-8-7-9-11-19)23(29)16-28(33(5,31)32)22-13-12-20(25)14-18(22)4/h7-14,17,21H,6,15-16H2,1-5H3,(H,26,30)/t21-/m0/s1. The van der Waals surface area contributed by atoms with Gasteiger partial charge in [-0.15, -0.1) is 0 Å². The molecule has 0 bridgehead atoms. The van der Waals surface area contributed by atoms with Gasteiger partial charge in [0.15, 0.2) is 0 Å². The number of hydrogen-bond donors (Lipinski definition) is 1. The zero-order valence-corrected chi connectivity index (χ0v) is 21.3. The van der Waals surface area contributed by atoms with Gasteiger partial charge in [-0.05, 0) is 56.5 Å². The highest BCUT2D eigenvalue weighted by molar-refractivity contribution is 7.92. The fourth-order valence-electron chi connectivity index (χ4n) is 3.57. The average Bonchev–Trinajstić information content (AvgIpc) is 2.71. The molecule has 7 nitrogen and oxygen atoms in total. The largest absolute Gasteiger partial charge is 0.352 e. The molecule has 33 heavy (non-hydrogen) atoms. The van der Waals surface area contributed by atoms with Gasteiger partial charge >= 0.3 is 0 Å². The number of halogens is 1. The Labute approximate surface area is 201 Å². The van der Waals surface area contributed by atoms with Crippen LogP contribution in [0.25, 0.3) is 0 Å². The molecule has 0 unspecified atom stereocenters. The second-order valence-electron chi connectivity index (χ2n) is 8.30. The van der Waals surface area contributed by atoms with Crippen molar-refractivity contribution in [3.63, 3.8) is 0 Å². The lowest BCUT2D eigenvalue weighted by Crippen LogP contribution is -2.53. The van der Waals surface area contributed by atoms with E-state index in [0.717, 1.165) is 16.1 Å². The molecule has 2 aromatic carbocycles. The Bertz CT molecular complexity index is 1070. The fraction of sp³-hybridized carbons (Fsp3) is 0.417. The Morgan fingerprint density at radius 1 is 1.09 bits per heavy atom. The molecule has 0 saturated heterocycles. The minimum Gasteiger partial charge on any atom is -0.352 e. The van der Waals surface area contributed by atoms with E-state index in [1.54, 1.807) is 25.1 Å². The van der Waals surface area contributed by atoms with Crippen LogP contribution >= 0.6 is 11.6 Å². The molecular formula is C24H32ClN3O4S. The number of aryl methyl sites for hydroxylation is 1. The SMILES string of the molecule is CC[C@@H](C(=O)NC(C)C)N(Cc1ccccc1)C(=O)CN(c1ccc(Cl)cc1C)S(C)(=O)=O. The van der Waals surface area contributed by atoms with Crippen molar-refractivity contribution in [2.24, 2.45) is 0 Å². The van der Waals surface area contributed by atoms with Crippen LogP contribution < -0.4 is 9.62 Å². The lowest BCUT2D eigenvalue weighted by atomic mass is 10.1. The Hall–Kier alpha value is -2.58. The van der Waals surface area contributed by atoms with Gasteiger partial charge in [-0.1, -0.05) is 48.9 Å². The maximum atomic E-state index is 13.6. The first kappa shape index (κ1) is 26.7. The summed E-state index contributed by atoms with van der Waals surface area (Å²) in [5.74, 6) is -0.741. The number of amides is 2. The summed E-state index contributed by atoms with van der Waals surface area (Å²) in [4.78, 5) is 27.9. The van der Waals surface area contributed by atoms with E-state index in [4.69, 9.17) is 11.6 Å².